The molecule has 0 bridgehead atoms. The number of furan rings is 1. The summed E-state index contributed by atoms with van der Waals surface area (Å²) in [4.78, 5) is 12.7. The Morgan fingerprint density at radius 2 is 1.81 bits per heavy atom. The lowest BCUT2D eigenvalue weighted by Crippen LogP contribution is -2.13. The Hall–Kier alpha value is -3.25. The number of methoxy groups -OCH3 is 1. The molecular weight excluding hydrogens is 348 g/mol. The van der Waals surface area contributed by atoms with Gasteiger partial charge in [-0.25, -0.2) is 0 Å². The SMILES string of the molecule is COc1cc2oc(C(C)(C)O)cc2c(O)c1C(=O)/C=C/c1ccc(O)cc1. The highest BCUT2D eigenvalue weighted by Crippen LogP contribution is 2.40. The molecule has 3 rings (SSSR count). The van der Waals surface area contributed by atoms with Gasteiger partial charge >= 0.3 is 0 Å². The van der Waals surface area contributed by atoms with Crippen LogP contribution < -0.4 is 4.74 Å². The van der Waals surface area contributed by atoms with Gasteiger partial charge in [0.05, 0.1) is 12.5 Å². The molecule has 0 aliphatic heterocycles. The topological polar surface area (TPSA) is 100 Å². The zero-order valence-electron chi connectivity index (χ0n) is 15.2. The standard InChI is InChI=1S/C21H20O6/c1-21(2,25)18-10-14-16(27-18)11-17(26-3)19(20(14)24)15(23)9-6-12-4-7-13(22)8-5-12/h4-11,22,24-25H,1-3H3/b9-6+. The second kappa shape index (κ2) is 6.81. The number of phenols is 2. The summed E-state index contributed by atoms with van der Waals surface area (Å²) >= 11 is 0. The molecule has 0 atom stereocenters. The summed E-state index contributed by atoms with van der Waals surface area (Å²) in [6.45, 7) is 3.12. The van der Waals surface area contributed by atoms with Gasteiger partial charge in [-0.15, -0.1) is 0 Å². The fourth-order valence-electron chi connectivity index (χ4n) is 2.68. The number of ether oxygens (including phenoxy) is 1. The number of allylic oxidation sites excluding steroid dienone is 1. The van der Waals surface area contributed by atoms with Gasteiger partial charge in [0.15, 0.2) is 5.78 Å². The van der Waals surface area contributed by atoms with E-state index in [0.29, 0.717) is 16.5 Å². The van der Waals surface area contributed by atoms with Crippen molar-refractivity contribution in [2.75, 3.05) is 7.11 Å². The number of phenolic OH excluding ortho intramolecular Hbond substituents is 2. The van der Waals surface area contributed by atoms with Crippen LogP contribution in [0.4, 0.5) is 0 Å². The summed E-state index contributed by atoms with van der Waals surface area (Å²) in [7, 11) is 1.39. The molecule has 2 aromatic carbocycles. The molecule has 0 spiro atoms. The quantitative estimate of drug-likeness (QED) is 0.465. The van der Waals surface area contributed by atoms with E-state index in [2.05, 4.69) is 0 Å². The Morgan fingerprint density at radius 3 is 2.41 bits per heavy atom. The predicted molar refractivity (Wildman–Crippen MR) is 101 cm³/mol. The minimum absolute atomic E-state index is 0.00289. The number of benzene rings is 2. The maximum atomic E-state index is 12.7. The number of aliphatic hydroxyl groups is 1. The van der Waals surface area contributed by atoms with Gasteiger partial charge in [0.2, 0.25) is 0 Å². The molecule has 0 aliphatic carbocycles. The molecule has 27 heavy (non-hydrogen) atoms. The van der Waals surface area contributed by atoms with Crippen molar-refractivity contribution in [1.29, 1.82) is 0 Å². The molecule has 140 valence electrons. The van der Waals surface area contributed by atoms with Crippen LogP contribution in [0.1, 0.15) is 35.5 Å². The van der Waals surface area contributed by atoms with Gasteiger partial charge in [0, 0.05) is 6.07 Å². The van der Waals surface area contributed by atoms with Crippen LogP contribution in [0.3, 0.4) is 0 Å². The maximum Gasteiger partial charge on any atom is 0.193 e. The lowest BCUT2D eigenvalue weighted by atomic mass is 10.0. The lowest BCUT2D eigenvalue weighted by molar-refractivity contribution is 0.0559. The van der Waals surface area contributed by atoms with Gasteiger partial charge in [-0.05, 0) is 43.7 Å². The van der Waals surface area contributed by atoms with E-state index in [4.69, 9.17) is 9.15 Å². The first-order chi connectivity index (χ1) is 12.7. The van der Waals surface area contributed by atoms with Crippen molar-refractivity contribution < 1.29 is 29.3 Å². The second-order valence-electron chi connectivity index (χ2n) is 6.67. The van der Waals surface area contributed by atoms with E-state index in [1.807, 2.05) is 0 Å². The van der Waals surface area contributed by atoms with Gasteiger partial charge in [-0.2, -0.15) is 0 Å². The Morgan fingerprint density at radius 1 is 1.15 bits per heavy atom. The number of fused-ring (bicyclic) bond motifs is 1. The third-order valence-electron chi connectivity index (χ3n) is 4.15. The highest BCUT2D eigenvalue weighted by molar-refractivity contribution is 6.13. The second-order valence-corrected chi connectivity index (χ2v) is 6.67. The first kappa shape index (κ1) is 18.5. The van der Waals surface area contributed by atoms with E-state index >= 15 is 0 Å². The van der Waals surface area contributed by atoms with E-state index in [1.165, 1.54) is 37.5 Å². The Balaban J connectivity index is 2.05. The fraction of sp³-hybridized carbons (Fsp3) is 0.190. The minimum Gasteiger partial charge on any atom is -0.508 e. The Kier molecular flexibility index (Phi) is 4.68. The minimum atomic E-state index is -1.23. The third kappa shape index (κ3) is 3.66. The largest absolute Gasteiger partial charge is 0.508 e. The molecule has 0 saturated carbocycles. The van der Waals surface area contributed by atoms with Gasteiger partial charge in [-0.3, -0.25) is 4.79 Å². The van der Waals surface area contributed by atoms with Crippen molar-refractivity contribution in [3.8, 4) is 17.2 Å². The smallest absolute Gasteiger partial charge is 0.193 e. The van der Waals surface area contributed by atoms with Crippen molar-refractivity contribution in [1.82, 2.24) is 0 Å². The molecular formula is C21H20O6. The van der Waals surface area contributed by atoms with Crippen molar-refractivity contribution in [3.63, 3.8) is 0 Å². The van der Waals surface area contributed by atoms with Crippen molar-refractivity contribution in [3.05, 3.63) is 59.4 Å². The van der Waals surface area contributed by atoms with Crippen molar-refractivity contribution in [2.24, 2.45) is 0 Å². The third-order valence-corrected chi connectivity index (χ3v) is 4.15. The molecule has 6 nitrogen and oxygen atoms in total. The zero-order valence-corrected chi connectivity index (χ0v) is 15.2. The van der Waals surface area contributed by atoms with Crippen LogP contribution in [0.15, 0.2) is 46.9 Å². The van der Waals surface area contributed by atoms with E-state index in [0.717, 1.165) is 0 Å². The molecule has 0 aliphatic rings. The van der Waals surface area contributed by atoms with E-state index in [9.17, 15) is 20.1 Å². The highest BCUT2D eigenvalue weighted by atomic mass is 16.5. The molecule has 6 heteroatoms. The molecule has 1 heterocycles. The molecule has 3 aromatic rings. The van der Waals surface area contributed by atoms with Gasteiger partial charge in [-0.1, -0.05) is 18.2 Å². The van der Waals surface area contributed by atoms with Gasteiger partial charge in [0.1, 0.15) is 39.8 Å². The maximum absolute atomic E-state index is 12.7. The van der Waals surface area contributed by atoms with Gasteiger partial charge < -0.3 is 24.5 Å². The highest BCUT2D eigenvalue weighted by Gasteiger charge is 2.26. The molecule has 3 N–H and O–H groups in total. The van der Waals surface area contributed by atoms with E-state index < -0.39 is 11.4 Å². The van der Waals surface area contributed by atoms with Crippen LogP contribution in [-0.4, -0.2) is 28.2 Å². The first-order valence-corrected chi connectivity index (χ1v) is 8.28. The summed E-state index contributed by atoms with van der Waals surface area (Å²) < 4.78 is 10.8. The monoisotopic (exact) mass is 368 g/mol. The van der Waals surface area contributed by atoms with E-state index in [1.54, 1.807) is 32.1 Å². The molecule has 0 unspecified atom stereocenters. The van der Waals surface area contributed by atoms with Crippen LogP contribution >= 0.6 is 0 Å². The van der Waals surface area contributed by atoms with Gasteiger partial charge in [0.25, 0.3) is 0 Å². The number of carbonyl (C=O) groups is 1. The molecule has 0 amide bonds. The van der Waals surface area contributed by atoms with Crippen molar-refractivity contribution >= 4 is 22.8 Å². The van der Waals surface area contributed by atoms with Crippen LogP contribution in [0.5, 0.6) is 17.2 Å². The number of hydrogen-bond donors (Lipinski definition) is 3. The van der Waals surface area contributed by atoms with Crippen molar-refractivity contribution in [2.45, 2.75) is 19.4 Å². The number of hydrogen-bond acceptors (Lipinski definition) is 6. The summed E-state index contributed by atoms with van der Waals surface area (Å²) in [6.07, 6.45) is 2.88. The molecule has 1 aromatic heterocycles. The Labute approximate surface area is 155 Å². The number of ketones is 1. The van der Waals surface area contributed by atoms with Crippen LogP contribution in [-0.2, 0) is 5.60 Å². The number of rotatable bonds is 5. The zero-order chi connectivity index (χ0) is 19.8. The molecule has 0 radical (unpaired) electrons. The predicted octanol–water partition coefficient (Wildman–Crippen LogP) is 3.98. The lowest BCUT2D eigenvalue weighted by Gasteiger charge is -2.12. The van der Waals surface area contributed by atoms with Crippen LogP contribution in [0, 0.1) is 0 Å². The first-order valence-electron chi connectivity index (χ1n) is 8.28. The average molecular weight is 368 g/mol. The summed E-state index contributed by atoms with van der Waals surface area (Å²) in [5.74, 6) is -0.170. The Bertz CT molecular complexity index is 1020. The van der Waals surface area contributed by atoms with E-state index in [-0.39, 0.29) is 28.6 Å². The summed E-state index contributed by atoms with van der Waals surface area (Å²) in [6, 6.07) is 9.35. The average Bonchev–Trinajstić information content (AvgIpc) is 3.05. The fourth-order valence-corrected chi connectivity index (χ4v) is 2.68. The van der Waals surface area contributed by atoms with Crippen LogP contribution in [0.25, 0.3) is 17.0 Å². The molecule has 0 saturated heterocycles. The normalized spacial score (nSPS) is 12.0. The van der Waals surface area contributed by atoms with Crippen LogP contribution in [0.2, 0.25) is 0 Å². The number of carbonyl (C=O) groups excluding carboxylic acids is 1. The summed E-state index contributed by atoms with van der Waals surface area (Å²) in [5, 5.41) is 30.4. The summed E-state index contributed by atoms with van der Waals surface area (Å²) in [5.41, 5.74) is -0.210. The molecule has 0 fully saturated rings. The number of aromatic hydroxyl groups is 2.